The highest BCUT2D eigenvalue weighted by atomic mass is 19.1. The summed E-state index contributed by atoms with van der Waals surface area (Å²) in [5.74, 6) is 1.25. The van der Waals surface area contributed by atoms with Gasteiger partial charge in [0.1, 0.15) is 5.82 Å². The van der Waals surface area contributed by atoms with Crippen LogP contribution in [0, 0.1) is 29.0 Å². The fraction of sp³-hybridized carbons (Fsp3) is 0.500. The smallest absolute Gasteiger partial charge is 0.126 e. The van der Waals surface area contributed by atoms with Gasteiger partial charge in [-0.2, -0.15) is 5.26 Å². The van der Waals surface area contributed by atoms with Crippen molar-refractivity contribution in [3.63, 3.8) is 0 Å². The van der Waals surface area contributed by atoms with E-state index in [0.29, 0.717) is 5.56 Å². The number of fused-ring (bicyclic) bond motifs is 1. The summed E-state index contributed by atoms with van der Waals surface area (Å²) in [4.78, 5) is 2.23. The molecule has 1 aliphatic heterocycles. The number of hydrogen-bond donors (Lipinski definition) is 0. The maximum Gasteiger partial charge on any atom is 0.126 e. The molecule has 3 heteroatoms. The van der Waals surface area contributed by atoms with Crippen molar-refractivity contribution in [1.29, 1.82) is 5.26 Å². The van der Waals surface area contributed by atoms with Gasteiger partial charge in [0.25, 0.3) is 0 Å². The summed E-state index contributed by atoms with van der Waals surface area (Å²) in [6.45, 7) is 2.05. The average molecular weight is 230 g/mol. The molecule has 1 saturated carbocycles. The molecule has 1 aromatic carbocycles. The van der Waals surface area contributed by atoms with Crippen LogP contribution in [0.25, 0.3) is 0 Å². The molecule has 1 aromatic rings. The summed E-state index contributed by atoms with van der Waals surface area (Å²) in [5, 5.41) is 8.86. The van der Waals surface area contributed by atoms with Crippen molar-refractivity contribution in [2.45, 2.75) is 19.3 Å². The summed E-state index contributed by atoms with van der Waals surface area (Å²) in [7, 11) is 0. The first-order valence-electron chi connectivity index (χ1n) is 6.22. The van der Waals surface area contributed by atoms with Gasteiger partial charge in [0.15, 0.2) is 0 Å². The SMILES string of the molecule is N#Cc1cc(F)cc(N2CC3CCCC3C2)c1. The molecule has 1 aliphatic carbocycles. The van der Waals surface area contributed by atoms with Crippen LogP contribution in [-0.2, 0) is 0 Å². The molecule has 0 radical (unpaired) electrons. The van der Waals surface area contributed by atoms with Gasteiger partial charge in [-0.15, -0.1) is 0 Å². The molecular formula is C14H15FN2. The van der Waals surface area contributed by atoms with E-state index >= 15 is 0 Å². The zero-order valence-electron chi connectivity index (χ0n) is 9.69. The lowest BCUT2D eigenvalue weighted by Gasteiger charge is -2.19. The van der Waals surface area contributed by atoms with Crippen LogP contribution in [-0.4, -0.2) is 13.1 Å². The summed E-state index contributed by atoms with van der Waals surface area (Å²) in [6, 6.07) is 6.65. The predicted octanol–water partition coefficient (Wildman–Crippen LogP) is 2.93. The van der Waals surface area contributed by atoms with Crippen LogP contribution in [0.15, 0.2) is 18.2 Å². The second-order valence-corrected chi connectivity index (χ2v) is 5.17. The van der Waals surface area contributed by atoms with Crippen molar-refractivity contribution in [3.8, 4) is 6.07 Å². The fourth-order valence-electron chi connectivity index (χ4n) is 3.27. The Labute approximate surface area is 101 Å². The Bertz CT molecular complexity index is 466. The lowest BCUT2D eigenvalue weighted by molar-refractivity contribution is 0.494. The number of nitriles is 1. The molecule has 2 atom stereocenters. The van der Waals surface area contributed by atoms with Gasteiger partial charge >= 0.3 is 0 Å². The predicted molar refractivity (Wildman–Crippen MR) is 64.2 cm³/mol. The zero-order chi connectivity index (χ0) is 11.8. The average Bonchev–Trinajstić information content (AvgIpc) is 2.88. The summed E-state index contributed by atoms with van der Waals surface area (Å²) in [5.41, 5.74) is 1.29. The van der Waals surface area contributed by atoms with E-state index in [0.717, 1.165) is 30.6 Å². The van der Waals surface area contributed by atoms with Crippen LogP contribution >= 0.6 is 0 Å². The normalized spacial score (nSPS) is 26.9. The van der Waals surface area contributed by atoms with E-state index in [-0.39, 0.29) is 5.82 Å². The first-order chi connectivity index (χ1) is 8.26. The Balaban J connectivity index is 1.86. The van der Waals surface area contributed by atoms with Gasteiger partial charge in [-0.3, -0.25) is 0 Å². The number of rotatable bonds is 1. The van der Waals surface area contributed by atoms with E-state index in [2.05, 4.69) is 4.90 Å². The van der Waals surface area contributed by atoms with Gasteiger partial charge in [0, 0.05) is 18.8 Å². The number of hydrogen-bond acceptors (Lipinski definition) is 2. The highest BCUT2D eigenvalue weighted by molar-refractivity contribution is 5.53. The minimum absolute atomic E-state index is 0.309. The molecule has 0 spiro atoms. The van der Waals surface area contributed by atoms with Crippen molar-refractivity contribution in [2.24, 2.45) is 11.8 Å². The summed E-state index contributed by atoms with van der Waals surface area (Å²) < 4.78 is 13.4. The molecule has 2 nitrogen and oxygen atoms in total. The molecule has 17 heavy (non-hydrogen) atoms. The third-order valence-corrected chi connectivity index (χ3v) is 4.10. The number of halogens is 1. The topological polar surface area (TPSA) is 27.0 Å². The van der Waals surface area contributed by atoms with Crippen LogP contribution in [0.2, 0.25) is 0 Å². The highest BCUT2D eigenvalue weighted by Crippen LogP contribution is 2.39. The van der Waals surface area contributed by atoms with Crippen molar-refractivity contribution in [2.75, 3.05) is 18.0 Å². The van der Waals surface area contributed by atoms with Crippen LogP contribution in [0.3, 0.4) is 0 Å². The standard InChI is InChI=1S/C14H15FN2/c15-13-4-10(7-16)5-14(6-13)17-8-11-2-1-3-12(11)9-17/h4-6,11-12H,1-3,8-9H2. The Kier molecular flexibility index (Phi) is 2.51. The maximum absolute atomic E-state index is 13.4. The second-order valence-electron chi connectivity index (χ2n) is 5.17. The molecule has 0 aromatic heterocycles. The van der Waals surface area contributed by atoms with Crippen LogP contribution in [0.4, 0.5) is 10.1 Å². The molecule has 2 aliphatic rings. The minimum Gasteiger partial charge on any atom is -0.371 e. The van der Waals surface area contributed by atoms with Gasteiger partial charge in [0.05, 0.1) is 11.6 Å². The summed E-state index contributed by atoms with van der Waals surface area (Å²) >= 11 is 0. The van der Waals surface area contributed by atoms with E-state index in [1.54, 1.807) is 12.1 Å². The van der Waals surface area contributed by atoms with Crippen LogP contribution in [0.5, 0.6) is 0 Å². The van der Waals surface area contributed by atoms with E-state index in [1.165, 1.54) is 25.3 Å². The van der Waals surface area contributed by atoms with Gasteiger partial charge in [0.2, 0.25) is 0 Å². The lowest BCUT2D eigenvalue weighted by Crippen LogP contribution is -2.20. The molecule has 0 amide bonds. The van der Waals surface area contributed by atoms with Gasteiger partial charge < -0.3 is 4.90 Å². The largest absolute Gasteiger partial charge is 0.371 e. The quantitative estimate of drug-likeness (QED) is 0.741. The van der Waals surface area contributed by atoms with Crippen LogP contribution < -0.4 is 4.90 Å². The Morgan fingerprint density at radius 3 is 2.53 bits per heavy atom. The first kappa shape index (κ1) is 10.6. The van der Waals surface area contributed by atoms with Crippen molar-refractivity contribution in [1.82, 2.24) is 0 Å². The molecule has 1 saturated heterocycles. The third kappa shape index (κ3) is 1.88. The molecule has 0 bridgehead atoms. The Hall–Kier alpha value is -1.56. The maximum atomic E-state index is 13.4. The Morgan fingerprint density at radius 1 is 1.18 bits per heavy atom. The molecule has 3 rings (SSSR count). The minimum atomic E-state index is -0.309. The first-order valence-corrected chi connectivity index (χ1v) is 6.22. The second kappa shape index (κ2) is 4.03. The lowest BCUT2D eigenvalue weighted by atomic mass is 10.0. The number of anilines is 1. The van der Waals surface area contributed by atoms with Crippen molar-refractivity contribution >= 4 is 5.69 Å². The Morgan fingerprint density at radius 2 is 1.88 bits per heavy atom. The van der Waals surface area contributed by atoms with E-state index < -0.39 is 0 Å². The molecule has 0 N–H and O–H groups in total. The fourth-order valence-corrected chi connectivity index (χ4v) is 3.27. The highest BCUT2D eigenvalue weighted by Gasteiger charge is 2.36. The molecule has 2 unspecified atom stereocenters. The molecular weight excluding hydrogens is 215 g/mol. The van der Waals surface area contributed by atoms with Crippen molar-refractivity contribution in [3.05, 3.63) is 29.6 Å². The summed E-state index contributed by atoms with van der Waals surface area (Å²) in [6.07, 6.45) is 3.96. The van der Waals surface area contributed by atoms with E-state index in [1.807, 2.05) is 6.07 Å². The molecule has 88 valence electrons. The van der Waals surface area contributed by atoms with Crippen LogP contribution in [0.1, 0.15) is 24.8 Å². The van der Waals surface area contributed by atoms with Crippen molar-refractivity contribution < 1.29 is 4.39 Å². The van der Waals surface area contributed by atoms with E-state index in [4.69, 9.17) is 5.26 Å². The van der Waals surface area contributed by atoms with Gasteiger partial charge in [-0.25, -0.2) is 4.39 Å². The third-order valence-electron chi connectivity index (χ3n) is 4.10. The van der Waals surface area contributed by atoms with Gasteiger partial charge in [-0.05, 0) is 42.9 Å². The zero-order valence-corrected chi connectivity index (χ0v) is 9.69. The van der Waals surface area contributed by atoms with Gasteiger partial charge in [-0.1, -0.05) is 6.42 Å². The number of benzene rings is 1. The molecule has 1 heterocycles. The molecule has 2 fully saturated rings. The monoisotopic (exact) mass is 230 g/mol. The van der Waals surface area contributed by atoms with E-state index in [9.17, 15) is 4.39 Å². The number of nitrogens with zero attached hydrogens (tertiary/aromatic N) is 2.